The zero-order valence-electron chi connectivity index (χ0n) is 22.7. The van der Waals surface area contributed by atoms with Gasteiger partial charge in [0.05, 0.1) is 29.6 Å². The summed E-state index contributed by atoms with van der Waals surface area (Å²) in [4.78, 5) is 18.9. The number of pyridine rings is 1. The van der Waals surface area contributed by atoms with Gasteiger partial charge >= 0.3 is 12.1 Å². The van der Waals surface area contributed by atoms with E-state index in [9.17, 15) is 23.1 Å². The number of carboxylic acids is 1. The zero-order chi connectivity index (χ0) is 29.6. The van der Waals surface area contributed by atoms with Gasteiger partial charge in [0.1, 0.15) is 11.9 Å². The van der Waals surface area contributed by atoms with Crippen molar-refractivity contribution in [3.05, 3.63) is 64.8 Å². The van der Waals surface area contributed by atoms with E-state index in [2.05, 4.69) is 9.88 Å². The molecule has 1 aliphatic heterocycles. The summed E-state index contributed by atoms with van der Waals surface area (Å²) in [5, 5.41) is 10.5. The summed E-state index contributed by atoms with van der Waals surface area (Å²) in [5.41, 5.74) is -0.223. The maximum Gasteiger partial charge on any atom is 0.416 e. The van der Waals surface area contributed by atoms with E-state index < -0.39 is 29.3 Å². The molecule has 0 amide bonds. The van der Waals surface area contributed by atoms with Crippen molar-refractivity contribution >= 4 is 40.2 Å². The third-order valence-corrected chi connectivity index (χ3v) is 9.18. The van der Waals surface area contributed by atoms with Gasteiger partial charge in [-0.2, -0.15) is 13.2 Å². The number of halogens is 5. The number of aromatic nitrogens is 1. The number of hydrogen-bond acceptors (Lipinski definition) is 5. The minimum absolute atomic E-state index is 0.0302. The van der Waals surface area contributed by atoms with Crippen LogP contribution in [0.5, 0.6) is 5.75 Å². The van der Waals surface area contributed by atoms with Crippen LogP contribution < -0.4 is 4.74 Å². The number of carboxylic acid groups (broad SMARTS) is 1. The van der Waals surface area contributed by atoms with Gasteiger partial charge in [0, 0.05) is 22.0 Å². The van der Waals surface area contributed by atoms with Crippen molar-refractivity contribution in [3.63, 3.8) is 0 Å². The number of aliphatic carboxylic acids is 1. The Morgan fingerprint density at radius 2 is 1.98 bits per heavy atom. The van der Waals surface area contributed by atoms with E-state index >= 15 is 4.39 Å². The Hall–Kier alpha value is -2.56. The fourth-order valence-electron chi connectivity index (χ4n) is 5.52. The standard InChI is InChI=1S/C30H33ClF4N2O3S/c1-40-21-6-7-26-23(17-21)28(24(31)19-36-26)25(32)8-9-29(18-27(38)39)10-13-37(14-11-29)12-3-15-41-22-5-2-4-20(16-22)30(33,34)35/h2,4-7,16-17,19,25H,3,8-15,18H2,1H3,(H,38,39)/t25-/m1/s1. The Morgan fingerprint density at radius 3 is 2.66 bits per heavy atom. The average Bonchev–Trinajstić information content (AvgIpc) is 2.94. The summed E-state index contributed by atoms with van der Waals surface area (Å²) >= 11 is 7.78. The van der Waals surface area contributed by atoms with Gasteiger partial charge < -0.3 is 14.7 Å². The molecular weight excluding hydrogens is 580 g/mol. The molecule has 0 saturated carbocycles. The number of benzene rings is 2. The van der Waals surface area contributed by atoms with Crippen LogP contribution in [0.3, 0.4) is 0 Å². The number of piperidine rings is 1. The highest BCUT2D eigenvalue weighted by Crippen LogP contribution is 2.44. The van der Waals surface area contributed by atoms with Crippen molar-refractivity contribution in [2.75, 3.05) is 32.5 Å². The van der Waals surface area contributed by atoms with Crippen LogP contribution in [-0.4, -0.2) is 53.5 Å². The maximum atomic E-state index is 15.8. The van der Waals surface area contributed by atoms with Gasteiger partial charge in [-0.05, 0) is 99.3 Å². The number of nitrogens with zero attached hydrogens (tertiary/aromatic N) is 2. The summed E-state index contributed by atoms with van der Waals surface area (Å²) in [6.07, 6.45) is -1.75. The Kier molecular flexibility index (Phi) is 10.4. The number of thioether (sulfide) groups is 1. The summed E-state index contributed by atoms with van der Waals surface area (Å²) in [7, 11) is 1.53. The molecule has 11 heteroatoms. The van der Waals surface area contributed by atoms with Crippen molar-refractivity contribution in [3.8, 4) is 5.75 Å². The summed E-state index contributed by atoms with van der Waals surface area (Å²) in [5.74, 6) is 0.342. The molecule has 41 heavy (non-hydrogen) atoms. The lowest BCUT2D eigenvalue weighted by molar-refractivity contribution is -0.141. The first-order valence-corrected chi connectivity index (χ1v) is 14.9. The third kappa shape index (κ3) is 8.26. The highest BCUT2D eigenvalue weighted by molar-refractivity contribution is 7.99. The Balaban J connectivity index is 1.32. The van der Waals surface area contributed by atoms with Crippen molar-refractivity contribution in [2.45, 2.75) is 55.8 Å². The molecule has 1 N–H and O–H groups in total. The molecule has 0 spiro atoms. The normalized spacial score (nSPS) is 16.5. The molecule has 0 bridgehead atoms. The number of ether oxygens (including phenoxy) is 1. The number of carbonyl (C=O) groups is 1. The van der Waals surface area contributed by atoms with Crippen LogP contribution in [0, 0.1) is 5.41 Å². The fourth-order valence-corrected chi connectivity index (χ4v) is 6.68. The minimum Gasteiger partial charge on any atom is -0.497 e. The summed E-state index contributed by atoms with van der Waals surface area (Å²) in [6, 6.07) is 10.5. The molecule has 0 aliphatic carbocycles. The zero-order valence-corrected chi connectivity index (χ0v) is 24.3. The summed E-state index contributed by atoms with van der Waals surface area (Å²) in [6.45, 7) is 2.14. The van der Waals surface area contributed by atoms with Crippen LogP contribution in [-0.2, 0) is 11.0 Å². The smallest absolute Gasteiger partial charge is 0.416 e. The number of likely N-dealkylation sites (tertiary alicyclic amines) is 1. The van der Waals surface area contributed by atoms with Gasteiger partial charge in [0.25, 0.3) is 0 Å². The molecule has 1 aromatic heterocycles. The lowest BCUT2D eigenvalue weighted by atomic mass is 9.71. The second-order valence-electron chi connectivity index (χ2n) is 10.5. The van der Waals surface area contributed by atoms with Gasteiger partial charge in [-0.1, -0.05) is 17.7 Å². The molecule has 2 heterocycles. The van der Waals surface area contributed by atoms with Crippen LogP contribution >= 0.6 is 23.4 Å². The predicted octanol–water partition coefficient (Wildman–Crippen LogP) is 8.45. The Morgan fingerprint density at radius 1 is 1.22 bits per heavy atom. The molecule has 1 aliphatic rings. The monoisotopic (exact) mass is 612 g/mol. The quantitative estimate of drug-likeness (QED) is 0.126. The van der Waals surface area contributed by atoms with E-state index in [1.54, 1.807) is 24.3 Å². The van der Waals surface area contributed by atoms with Gasteiger partial charge in [0.2, 0.25) is 0 Å². The molecule has 5 nitrogen and oxygen atoms in total. The minimum atomic E-state index is -4.36. The first-order chi connectivity index (χ1) is 19.5. The molecule has 0 radical (unpaired) electrons. The summed E-state index contributed by atoms with van der Waals surface area (Å²) < 4.78 is 59.9. The second-order valence-corrected chi connectivity index (χ2v) is 12.1. The van der Waals surface area contributed by atoms with Crippen molar-refractivity contribution in [1.82, 2.24) is 9.88 Å². The first kappa shape index (κ1) is 31.4. The van der Waals surface area contributed by atoms with Crippen LogP contribution in [0.15, 0.2) is 53.6 Å². The molecule has 4 rings (SSSR count). The van der Waals surface area contributed by atoms with Gasteiger partial charge in [-0.3, -0.25) is 9.78 Å². The van der Waals surface area contributed by atoms with E-state index in [4.69, 9.17) is 16.3 Å². The number of hydrogen-bond donors (Lipinski definition) is 1. The molecule has 222 valence electrons. The number of rotatable bonds is 12. The Bertz CT molecular complexity index is 1350. The van der Waals surface area contributed by atoms with Crippen LogP contribution in [0.1, 0.15) is 55.8 Å². The number of fused-ring (bicyclic) bond motifs is 1. The number of methoxy groups -OCH3 is 1. The fraction of sp³-hybridized carbons (Fsp3) is 0.467. The first-order valence-electron chi connectivity index (χ1n) is 13.5. The largest absolute Gasteiger partial charge is 0.497 e. The molecule has 1 fully saturated rings. The van der Waals surface area contributed by atoms with Gasteiger partial charge in [-0.15, -0.1) is 11.8 Å². The molecule has 2 aromatic carbocycles. The maximum absolute atomic E-state index is 15.8. The van der Waals surface area contributed by atoms with E-state index in [1.165, 1.54) is 37.2 Å². The third-order valence-electron chi connectivity index (χ3n) is 7.80. The second kappa shape index (κ2) is 13.6. The van der Waals surface area contributed by atoms with E-state index in [0.29, 0.717) is 65.2 Å². The molecule has 1 saturated heterocycles. The Labute approximate surface area is 246 Å². The van der Waals surface area contributed by atoms with E-state index in [1.807, 2.05) is 0 Å². The lowest BCUT2D eigenvalue weighted by Crippen LogP contribution is -2.41. The van der Waals surface area contributed by atoms with Crippen molar-refractivity contribution < 1.29 is 32.2 Å². The van der Waals surface area contributed by atoms with Gasteiger partial charge in [-0.25, -0.2) is 4.39 Å². The number of alkyl halides is 4. The van der Waals surface area contributed by atoms with Crippen LogP contribution in [0.4, 0.5) is 17.6 Å². The molecular formula is C30H33ClF4N2O3S. The highest BCUT2D eigenvalue weighted by atomic mass is 35.5. The van der Waals surface area contributed by atoms with Crippen LogP contribution in [0.2, 0.25) is 5.02 Å². The lowest BCUT2D eigenvalue weighted by Gasteiger charge is -2.41. The van der Waals surface area contributed by atoms with E-state index in [-0.39, 0.29) is 17.9 Å². The van der Waals surface area contributed by atoms with Crippen molar-refractivity contribution in [1.29, 1.82) is 0 Å². The topological polar surface area (TPSA) is 62.7 Å². The van der Waals surface area contributed by atoms with E-state index in [0.717, 1.165) is 19.0 Å². The van der Waals surface area contributed by atoms with Crippen LogP contribution in [0.25, 0.3) is 10.9 Å². The molecule has 1 atom stereocenters. The molecule has 3 aromatic rings. The van der Waals surface area contributed by atoms with Crippen molar-refractivity contribution in [2.24, 2.45) is 5.41 Å². The SMILES string of the molecule is COc1ccc2ncc(Cl)c([C@H](F)CCC3(CC(=O)O)CCN(CCCSc4cccc(C(F)(F)F)c4)CC3)c2c1. The highest BCUT2D eigenvalue weighted by Gasteiger charge is 2.37. The predicted molar refractivity (Wildman–Crippen MR) is 154 cm³/mol. The average molecular weight is 613 g/mol. The van der Waals surface area contributed by atoms with Gasteiger partial charge in [0.15, 0.2) is 0 Å². The molecule has 0 unspecified atom stereocenters.